The Morgan fingerprint density at radius 3 is 2.66 bits per heavy atom. The minimum atomic E-state index is -0.0328. The van der Waals surface area contributed by atoms with Crippen LogP contribution in [0.4, 0.5) is 4.79 Å². The SMILES string of the molecule is CCN(CC)C(=O)n1cc(/C=C/c2ccc3c(c2)CCO3)c2c(OCc3ccccc3)cccc21. The van der Waals surface area contributed by atoms with Gasteiger partial charge in [-0.15, -0.1) is 0 Å². The van der Waals surface area contributed by atoms with Gasteiger partial charge in [-0.25, -0.2) is 4.79 Å². The Morgan fingerprint density at radius 1 is 1.03 bits per heavy atom. The van der Waals surface area contributed by atoms with Crippen LogP contribution in [0.5, 0.6) is 11.5 Å². The van der Waals surface area contributed by atoms with Gasteiger partial charge in [0.2, 0.25) is 0 Å². The molecule has 5 heteroatoms. The van der Waals surface area contributed by atoms with Crippen molar-refractivity contribution < 1.29 is 14.3 Å². The van der Waals surface area contributed by atoms with E-state index < -0.39 is 0 Å². The first-order valence-corrected chi connectivity index (χ1v) is 12.2. The van der Waals surface area contributed by atoms with E-state index in [1.165, 1.54) is 5.56 Å². The van der Waals surface area contributed by atoms with Crippen molar-refractivity contribution >= 4 is 29.1 Å². The molecule has 1 aliphatic rings. The largest absolute Gasteiger partial charge is 0.493 e. The smallest absolute Gasteiger partial charge is 0.328 e. The molecular formula is C30H30N2O3. The fourth-order valence-corrected chi connectivity index (χ4v) is 4.57. The predicted molar refractivity (Wildman–Crippen MR) is 141 cm³/mol. The first-order valence-electron chi connectivity index (χ1n) is 12.2. The topological polar surface area (TPSA) is 43.7 Å². The second-order valence-electron chi connectivity index (χ2n) is 8.63. The van der Waals surface area contributed by atoms with Gasteiger partial charge >= 0.3 is 6.03 Å². The number of amides is 1. The molecular weight excluding hydrogens is 436 g/mol. The number of nitrogens with zero attached hydrogens (tertiary/aromatic N) is 2. The molecule has 0 N–H and O–H groups in total. The number of rotatable bonds is 7. The van der Waals surface area contributed by atoms with E-state index in [-0.39, 0.29) is 6.03 Å². The van der Waals surface area contributed by atoms with Crippen molar-refractivity contribution in [1.29, 1.82) is 0 Å². The highest BCUT2D eigenvalue weighted by Crippen LogP contribution is 2.33. The molecule has 5 nitrogen and oxygen atoms in total. The highest BCUT2D eigenvalue weighted by Gasteiger charge is 2.19. The van der Waals surface area contributed by atoms with Gasteiger partial charge in [0.25, 0.3) is 0 Å². The van der Waals surface area contributed by atoms with Gasteiger partial charge < -0.3 is 14.4 Å². The van der Waals surface area contributed by atoms with Crippen LogP contribution in [-0.4, -0.2) is 35.2 Å². The number of ether oxygens (including phenoxy) is 2. The summed E-state index contributed by atoms with van der Waals surface area (Å²) in [4.78, 5) is 15.2. The Balaban J connectivity index is 1.55. The average molecular weight is 467 g/mol. The van der Waals surface area contributed by atoms with Gasteiger partial charge in [0.05, 0.1) is 12.1 Å². The number of benzene rings is 3. The normalized spacial score (nSPS) is 12.6. The van der Waals surface area contributed by atoms with Gasteiger partial charge in [0.1, 0.15) is 18.1 Å². The van der Waals surface area contributed by atoms with Crippen molar-refractivity contribution in [2.45, 2.75) is 26.9 Å². The quantitative estimate of drug-likeness (QED) is 0.307. The summed E-state index contributed by atoms with van der Waals surface area (Å²) in [6.07, 6.45) is 7.02. The predicted octanol–water partition coefficient (Wildman–Crippen LogP) is 6.64. The molecule has 0 atom stereocenters. The Morgan fingerprint density at radius 2 is 1.86 bits per heavy atom. The third-order valence-corrected chi connectivity index (χ3v) is 6.47. The lowest BCUT2D eigenvalue weighted by molar-refractivity contribution is 0.206. The minimum absolute atomic E-state index is 0.0328. The fourth-order valence-electron chi connectivity index (χ4n) is 4.57. The molecule has 0 fully saturated rings. The van der Waals surface area contributed by atoms with E-state index >= 15 is 0 Å². The maximum atomic E-state index is 13.3. The molecule has 178 valence electrons. The molecule has 1 aliphatic heterocycles. The maximum absolute atomic E-state index is 13.3. The molecule has 3 aromatic carbocycles. The molecule has 35 heavy (non-hydrogen) atoms. The first-order chi connectivity index (χ1) is 17.2. The summed E-state index contributed by atoms with van der Waals surface area (Å²) in [6.45, 7) is 6.51. The Bertz CT molecular complexity index is 1370. The minimum Gasteiger partial charge on any atom is -0.493 e. The van der Waals surface area contributed by atoms with Crippen molar-refractivity contribution in [1.82, 2.24) is 9.47 Å². The summed E-state index contributed by atoms with van der Waals surface area (Å²) in [6, 6.07) is 22.2. The van der Waals surface area contributed by atoms with Crippen molar-refractivity contribution in [3.05, 3.63) is 95.2 Å². The second-order valence-corrected chi connectivity index (χ2v) is 8.63. The van der Waals surface area contributed by atoms with Crippen LogP contribution < -0.4 is 9.47 Å². The summed E-state index contributed by atoms with van der Waals surface area (Å²) < 4.78 is 13.7. The van der Waals surface area contributed by atoms with E-state index in [1.54, 1.807) is 4.57 Å². The van der Waals surface area contributed by atoms with E-state index in [0.29, 0.717) is 19.7 Å². The lowest BCUT2D eigenvalue weighted by Crippen LogP contribution is -2.33. The van der Waals surface area contributed by atoms with E-state index in [9.17, 15) is 4.79 Å². The van der Waals surface area contributed by atoms with E-state index in [0.717, 1.165) is 52.1 Å². The summed E-state index contributed by atoms with van der Waals surface area (Å²) in [5, 5.41) is 0.935. The van der Waals surface area contributed by atoms with Crippen LogP contribution in [-0.2, 0) is 13.0 Å². The Kier molecular flexibility index (Phi) is 6.57. The highest BCUT2D eigenvalue weighted by atomic mass is 16.5. The zero-order valence-electron chi connectivity index (χ0n) is 20.2. The third-order valence-electron chi connectivity index (χ3n) is 6.47. The van der Waals surface area contributed by atoms with Crippen LogP contribution >= 0.6 is 0 Å². The maximum Gasteiger partial charge on any atom is 0.328 e. The molecule has 1 aromatic heterocycles. The van der Waals surface area contributed by atoms with Crippen LogP contribution in [0, 0.1) is 0 Å². The highest BCUT2D eigenvalue weighted by molar-refractivity contribution is 6.01. The molecule has 0 spiro atoms. The van der Waals surface area contributed by atoms with Crippen LogP contribution in [0.2, 0.25) is 0 Å². The zero-order chi connectivity index (χ0) is 24.2. The molecule has 1 amide bonds. The molecule has 4 aromatic rings. The van der Waals surface area contributed by atoms with Gasteiger partial charge in [0, 0.05) is 36.7 Å². The van der Waals surface area contributed by atoms with Gasteiger partial charge in [-0.2, -0.15) is 0 Å². The monoisotopic (exact) mass is 466 g/mol. The van der Waals surface area contributed by atoms with Crippen molar-refractivity contribution in [3.8, 4) is 11.5 Å². The Hall–Kier alpha value is -3.99. The number of carbonyl (C=O) groups is 1. The van der Waals surface area contributed by atoms with Gasteiger partial charge in [0.15, 0.2) is 0 Å². The lowest BCUT2D eigenvalue weighted by Gasteiger charge is -2.19. The fraction of sp³-hybridized carbons (Fsp3) is 0.233. The molecule has 0 bridgehead atoms. The van der Waals surface area contributed by atoms with Crippen LogP contribution in [0.3, 0.4) is 0 Å². The molecule has 0 unspecified atom stereocenters. The number of hydrogen-bond acceptors (Lipinski definition) is 3. The third kappa shape index (κ3) is 4.67. The van der Waals surface area contributed by atoms with Gasteiger partial charge in [-0.05, 0) is 54.8 Å². The standard InChI is InChI=1S/C30H30N2O3/c1-3-31(4-2)30(33)32-20-25(15-13-22-14-16-27-24(19-22)17-18-34-27)29-26(32)11-8-12-28(29)35-21-23-9-6-5-7-10-23/h5-16,19-20H,3-4,17-18,21H2,1-2H3/b15-13+. The van der Waals surface area contributed by atoms with Crippen LogP contribution in [0.25, 0.3) is 23.1 Å². The average Bonchev–Trinajstić information content (AvgIpc) is 3.52. The van der Waals surface area contributed by atoms with Gasteiger partial charge in [-0.3, -0.25) is 4.57 Å². The number of hydrogen-bond donors (Lipinski definition) is 0. The molecule has 0 aliphatic carbocycles. The van der Waals surface area contributed by atoms with E-state index in [4.69, 9.17) is 9.47 Å². The number of carbonyl (C=O) groups excluding carboxylic acids is 1. The van der Waals surface area contributed by atoms with E-state index in [1.807, 2.05) is 79.5 Å². The molecule has 0 saturated carbocycles. The molecule has 5 rings (SSSR count). The first kappa shape index (κ1) is 22.8. The summed E-state index contributed by atoms with van der Waals surface area (Å²) in [7, 11) is 0. The Labute approximate surface area is 206 Å². The molecule has 0 radical (unpaired) electrons. The number of fused-ring (bicyclic) bond motifs is 2. The summed E-state index contributed by atoms with van der Waals surface area (Å²) >= 11 is 0. The van der Waals surface area contributed by atoms with Crippen LogP contribution in [0.1, 0.15) is 36.1 Å². The van der Waals surface area contributed by atoms with E-state index in [2.05, 4.69) is 24.3 Å². The summed E-state index contributed by atoms with van der Waals surface area (Å²) in [5.41, 5.74) is 5.22. The lowest BCUT2D eigenvalue weighted by atomic mass is 10.1. The van der Waals surface area contributed by atoms with Gasteiger partial charge in [-0.1, -0.05) is 54.6 Å². The zero-order valence-corrected chi connectivity index (χ0v) is 20.2. The molecule has 2 heterocycles. The molecule has 0 saturated heterocycles. The summed E-state index contributed by atoms with van der Waals surface area (Å²) in [5.74, 6) is 1.74. The van der Waals surface area contributed by atoms with Crippen LogP contribution in [0.15, 0.2) is 72.9 Å². The number of aromatic nitrogens is 1. The second kappa shape index (κ2) is 10.1. The van der Waals surface area contributed by atoms with Crippen molar-refractivity contribution in [2.24, 2.45) is 0 Å². The van der Waals surface area contributed by atoms with Crippen molar-refractivity contribution in [3.63, 3.8) is 0 Å². The van der Waals surface area contributed by atoms with Crippen molar-refractivity contribution in [2.75, 3.05) is 19.7 Å².